The average molecular weight is 379 g/mol. The molecule has 0 radical (unpaired) electrons. The van der Waals surface area contributed by atoms with Crippen molar-refractivity contribution >= 4 is 22.7 Å². The number of nitrogens with zero attached hydrogens (tertiary/aromatic N) is 2. The fraction of sp³-hybridized carbons (Fsp3) is 0.318. The minimum absolute atomic E-state index is 0.0152. The lowest BCUT2D eigenvalue weighted by atomic mass is 10.2. The first-order valence-corrected chi connectivity index (χ1v) is 9.48. The number of carbonyl (C=O) groups excluding carboxylic acids is 1. The van der Waals surface area contributed by atoms with Gasteiger partial charge in [0.1, 0.15) is 6.61 Å². The van der Waals surface area contributed by atoms with Crippen molar-refractivity contribution in [3.05, 3.63) is 66.4 Å². The SMILES string of the molecule is CO[C@@H]1C[C@H](Cn2ccc3cc(N)ccc32)N(C(=O)OCc2ccccc2)C1. The van der Waals surface area contributed by atoms with E-state index in [0.29, 0.717) is 13.1 Å². The van der Waals surface area contributed by atoms with Crippen molar-refractivity contribution < 1.29 is 14.3 Å². The van der Waals surface area contributed by atoms with Crippen LogP contribution >= 0.6 is 0 Å². The van der Waals surface area contributed by atoms with Crippen molar-refractivity contribution in [3.63, 3.8) is 0 Å². The third kappa shape index (κ3) is 3.82. The Bertz CT molecular complexity index is 954. The largest absolute Gasteiger partial charge is 0.445 e. The maximum absolute atomic E-state index is 12.7. The van der Waals surface area contributed by atoms with Gasteiger partial charge in [-0.15, -0.1) is 0 Å². The molecule has 28 heavy (non-hydrogen) atoms. The number of aromatic nitrogens is 1. The Morgan fingerprint density at radius 2 is 2.00 bits per heavy atom. The van der Waals surface area contributed by atoms with E-state index in [-0.39, 0.29) is 24.8 Å². The number of hydrogen-bond donors (Lipinski definition) is 1. The van der Waals surface area contributed by atoms with Crippen molar-refractivity contribution in [2.45, 2.75) is 31.7 Å². The van der Waals surface area contributed by atoms with Crippen LogP contribution in [-0.2, 0) is 22.6 Å². The number of nitrogen functional groups attached to an aromatic ring is 1. The Kier molecular flexibility index (Phi) is 5.21. The second-order valence-electron chi connectivity index (χ2n) is 7.23. The molecular formula is C22H25N3O3. The Balaban J connectivity index is 1.48. The van der Waals surface area contributed by atoms with Crippen LogP contribution in [0, 0.1) is 0 Å². The molecule has 0 spiro atoms. The van der Waals surface area contributed by atoms with E-state index >= 15 is 0 Å². The van der Waals surface area contributed by atoms with Crippen molar-refractivity contribution in [1.29, 1.82) is 0 Å². The van der Waals surface area contributed by atoms with Crippen LogP contribution in [-0.4, -0.2) is 41.4 Å². The predicted molar refractivity (Wildman–Crippen MR) is 109 cm³/mol. The van der Waals surface area contributed by atoms with Crippen LogP contribution in [0.4, 0.5) is 10.5 Å². The number of rotatable bonds is 5. The monoisotopic (exact) mass is 379 g/mol. The highest BCUT2D eigenvalue weighted by molar-refractivity contribution is 5.83. The first kappa shape index (κ1) is 18.4. The molecule has 2 N–H and O–H groups in total. The van der Waals surface area contributed by atoms with Gasteiger partial charge >= 0.3 is 6.09 Å². The molecule has 0 saturated carbocycles. The number of methoxy groups -OCH3 is 1. The lowest BCUT2D eigenvalue weighted by Gasteiger charge is -2.24. The minimum Gasteiger partial charge on any atom is -0.445 e. The summed E-state index contributed by atoms with van der Waals surface area (Å²) < 4.78 is 13.3. The van der Waals surface area contributed by atoms with Gasteiger partial charge in [0.2, 0.25) is 0 Å². The van der Waals surface area contributed by atoms with E-state index in [0.717, 1.165) is 28.6 Å². The number of benzene rings is 2. The Hall–Kier alpha value is -2.99. The van der Waals surface area contributed by atoms with Gasteiger partial charge in [-0.25, -0.2) is 4.79 Å². The molecule has 1 aromatic heterocycles. The summed E-state index contributed by atoms with van der Waals surface area (Å²) in [5.74, 6) is 0. The molecule has 1 saturated heterocycles. The van der Waals surface area contributed by atoms with E-state index in [4.69, 9.17) is 15.2 Å². The number of fused-ring (bicyclic) bond motifs is 1. The lowest BCUT2D eigenvalue weighted by molar-refractivity contribution is 0.0789. The molecule has 2 aromatic carbocycles. The molecule has 2 atom stereocenters. The van der Waals surface area contributed by atoms with Crippen molar-refractivity contribution in [1.82, 2.24) is 9.47 Å². The molecule has 1 aliphatic rings. The van der Waals surface area contributed by atoms with Crippen LogP contribution < -0.4 is 5.73 Å². The molecule has 0 unspecified atom stereocenters. The van der Waals surface area contributed by atoms with Crippen molar-refractivity contribution in [2.75, 3.05) is 19.4 Å². The topological polar surface area (TPSA) is 69.7 Å². The van der Waals surface area contributed by atoms with Gasteiger partial charge < -0.3 is 24.7 Å². The number of carbonyl (C=O) groups is 1. The highest BCUT2D eigenvalue weighted by atomic mass is 16.6. The van der Waals surface area contributed by atoms with Gasteiger partial charge in [0.05, 0.1) is 18.7 Å². The van der Waals surface area contributed by atoms with Gasteiger partial charge in [0.15, 0.2) is 0 Å². The highest BCUT2D eigenvalue weighted by Gasteiger charge is 2.36. The summed E-state index contributed by atoms with van der Waals surface area (Å²) in [5, 5.41) is 1.10. The molecule has 0 aliphatic carbocycles. The molecule has 2 heterocycles. The lowest BCUT2D eigenvalue weighted by Crippen LogP contribution is -2.38. The van der Waals surface area contributed by atoms with Crippen LogP contribution in [0.15, 0.2) is 60.8 Å². The fourth-order valence-electron chi connectivity index (χ4n) is 3.85. The molecule has 1 aliphatic heterocycles. The number of ether oxygens (including phenoxy) is 2. The summed E-state index contributed by atoms with van der Waals surface area (Å²) in [6, 6.07) is 17.7. The molecule has 6 nitrogen and oxygen atoms in total. The molecule has 0 bridgehead atoms. The molecule has 146 valence electrons. The molecule has 3 aromatic rings. The second kappa shape index (κ2) is 7.94. The highest BCUT2D eigenvalue weighted by Crippen LogP contribution is 2.26. The van der Waals surface area contributed by atoms with Gasteiger partial charge in [-0.1, -0.05) is 30.3 Å². The first-order chi connectivity index (χ1) is 13.6. The summed E-state index contributed by atoms with van der Waals surface area (Å²) in [6.45, 7) is 1.50. The van der Waals surface area contributed by atoms with Crippen LogP contribution in [0.3, 0.4) is 0 Å². The van der Waals surface area contributed by atoms with Crippen LogP contribution in [0.5, 0.6) is 0 Å². The number of nitrogens with two attached hydrogens (primary N) is 1. The fourth-order valence-corrected chi connectivity index (χ4v) is 3.85. The van der Waals surface area contributed by atoms with Gasteiger partial charge in [-0.05, 0) is 36.2 Å². The zero-order chi connectivity index (χ0) is 19.5. The van der Waals surface area contributed by atoms with Crippen LogP contribution in [0.1, 0.15) is 12.0 Å². The number of anilines is 1. The second-order valence-corrected chi connectivity index (χ2v) is 7.23. The van der Waals surface area contributed by atoms with E-state index in [1.807, 2.05) is 60.8 Å². The molecule has 1 fully saturated rings. The summed E-state index contributed by atoms with van der Waals surface area (Å²) >= 11 is 0. The smallest absolute Gasteiger partial charge is 0.410 e. The predicted octanol–water partition coefficient (Wildman–Crippen LogP) is 3.65. The molecule has 6 heteroatoms. The van der Waals surface area contributed by atoms with E-state index in [2.05, 4.69) is 4.57 Å². The zero-order valence-electron chi connectivity index (χ0n) is 16.0. The van der Waals surface area contributed by atoms with Gasteiger partial charge in [0, 0.05) is 36.4 Å². The normalized spacial score (nSPS) is 19.2. The summed E-state index contributed by atoms with van der Waals surface area (Å²) in [5.41, 5.74) is 8.71. The first-order valence-electron chi connectivity index (χ1n) is 9.48. The third-order valence-electron chi connectivity index (χ3n) is 5.35. The van der Waals surface area contributed by atoms with Crippen LogP contribution in [0.25, 0.3) is 10.9 Å². The third-order valence-corrected chi connectivity index (χ3v) is 5.35. The number of amides is 1. The van der Waals surface area contributed by atoms with Crippen molar-refractivity contribution in [2.24, 2.45) is 0 Å². The Morgan fingerprint density at radius 1 is 1.18 bits per heavy atom. The average Bonchev–Trinajstić information content (AvgIpc) is 3.31. The quantitative estimate of drug-likeness (QED) is 0.687. The Labute approximate surface area is 164 Å². The molecule has 4 rings (SSSR count). The Morgan fingerprint density at radius 3 is 2.79 bits per heavy atom. The van der Waals surface area contributed by atoms with Gasteiger partial charge in [-0.3, -0.25) is 0 Å². The summed E-state index contributed by atoms with van der Waals surface area (Å²) in [4.78, 5) is 14.5. The molecular weight excluding hydrogens is 354 g/mol. The number of likely N-dealkylation sites (tertiary alicyclic amines) is 1. The summed E-state index contributed by atoms with van der Waals surface area (Å²) in [6.07, 6.45) is 2.55. The zero-order valence-corrected chi connectivity index (χ0v) is 16.0. The van der Waals surface area contributed by atoms with E-state index in [9.17, 15) is 4.79 Å². The standard InChI is InChI=1S/C22H25N3O3/c1-27-20-12-19(13-24-10-9-17-11-18(23)7-8-21(17)24)25(14-20)22(26)28-15-16-5-3-2-4-6-16/h2-11,19-20H,12-15,23H2,1H3/t19-,20-/m1/s1. The molecule has 1 amide bonds. The number of hydrogen-bond acceptors (Lipinski definition) is 4. The summed E-state index contributed by atoms with van der Waals surface area (Å²) in [7, 11) is 1.69. The van der Waals surface area contributed by atoms with Gasteiger partial charge in [-0.2, -0.15) is 0 Å². The maximum atomic E-state index is 12.7. The minimum atomic E-state index is -0.297. The van der Waals surface area contributed by atoms with Crippen molar-refractivity contribution in [3.8, 4) is 0 Å². The van der Waals surface area contributed by atoms with Gasteiger partial charge in [0.25, 0.3) is 0 Å². The van der Waals surface area contributed by atoms with E-state index < -0.39 is 0 Å². The maximum Gasteiger partial charge on any atom is 0.410 e. The van der Waals surface area contributed by atoms with E-state index in [1.165, 1.54) is 0 Å². The van der Waals surface area contributed by atoms with E-state index in [1.54, 1.807) is 12.0 Å². The van der Waals surface area contributed by atoms with Crippen LogP contribution in [0.2, 0.25) is 0 Å².